The predicted molar refractivity (Wildman–Crippen MR) is 80.7 cm³/mol. The molecular formula is C16H25NOS. The highest BCUT2D eigenvalue weighted by molar-refractivity contribution is 7.12. The van der Waals surface area contributed by atoms with E-state index in [1.807, 2.05) is 11.3 Å². The van der Waals surface area contributed by atoms with Crippen LogP contribution < -0.4 is 0 Å². The Morgan fingerprint density at radius 3 is 2.68 bits per heavy atom. The monoisotopic (exact) mass is 279 g/mol. The molecule has 1 fully saturated rings. The van der Waals surface area contributed by atoms with E-state index in [4.69, 9.17) is 0 Å². The number of likely N-dealkylation sites (tertiary alicyclic amines) is 1. The van der Waals surface area contributed by atoms with E-state index in [-0.39, 0.29) is 0 Å². The lowest BCUT2D eigenvalue weighted by atomic mass is 9.65. The molecule has 2 unspecified atom stereocenters. The number of aliphatic hydroxyl groups is 1. The molecule has 2 aliphatic rings. The molecular weight excluding hydrogens is 254 g/mol. The van der Waals surface area contributed by atoms with Crippen LogP contribution in [0.15, 0.2) is 6.07 Å². The molecule has 3 rings (SSSR count). The number of hydrogen-bond acceptors (Lipinski definition) is 3. The number of thiophene rings is 1. The van der Waals surface area contributed by atoms with E-state index >= 15 is 0 Å². The van der Waals surface area contributed by atoms with Crippen LogP contribution in [0.4, 0.5) is 0 Å². The molecule has 1 aromatic rings. The Morgan fingerprint density at radius 1 is 1.32 bits per heavy atom. The molecule has 0 radical (unpaired) electrons. The predicted octanol–water partition coefficient (Wildman–Crippen LogP) is 3.17. The summed E-state index contributed by atoms with van der Waals surface area (Å²) in [4.78, 5) is 5.18. The Labute approximate surface area is 120 Å². The highest BCUT2D eigenvalue weighted by Gasteiger charge is 2.47. The highest BCUT2D eigenvalue weighted by atomic mass is 32.1. The third kappa shape index (κ3) is 2.16. The Balaban J connectivity index is 1.96. The summed E-state index contributed by atoms with van der Waals surface area (Å²) in [6.45, 7) is 6.66. The molecule has 1 aromatic heterocycles. The van der Waals surface area contributed by atoms with Crippen LogP contribution in [-0.4, -0.2) is 30.1 Å². The highest BCUT2D eigenvalue weighted by Crippen LogP contribution is 2.49. The quantitative estimate of drug-likeness (QED) is 0.853. The molecule has 0 saturated carbocycles. The fraction of sp³-hybridized carbons (Fsp3) is 0.750. The van der Waals surface area contributed by atoms with Gasteiger partial charge in [-0.3, -0.25) is 0 Å². The van der Waals surface area contributed by atoms with Crippen molar-refractivity contribution in [1.29, 1.82) is 0 Å². The van der Waals surface area contributed by atoms with Gasteiger partial charge in [-0.15, -0.1) is 11.3 Å². The van der Waals surface area contributed by atoms with Crippen LogP contribution in [0.1, 0.15) is 41.5 Å². The van der Waals surface area contributed by atoms with Crippen molar-refractivity contribution in [2.24, 2.45) is 11.8 Å². The molecule has 1 aliphatic carbocycles. The van der Waals surface area contributed by atoms with Gasteiger partial charge in [0, 0.05) is 9.75 Å². The number of aryl methyl sites for hydroxylation is 2. The molecule has 1 aliphatic heterocycles. The van der Waals surface area contributed by atoms with E-state index in [0.29, 0.717) is 11.8 Å². The second-order valence-corrected chi connectivity index (χ2v) is 7.88. The minimum absolute atomic E-state index is 0.391. The maximum absolute atomic E-state index is 11.5. The van der Waals surface area contributed by atoms with Gasteiger partial charge >= 0.3 is 0 Å². The third-order valence-electron chi connectivity index (χ3n) is 5.26. The molecule has 0 bridgehead atoms. The molecule has 19 heavy (non-hydrogen) atoms. The lowest BCUT2D eigenvalue weighted by molar-refractivity contribution is -0.0954. The molecule has 2 nitrogen and oxygen atoms in total. The van der Waals surface area contributed by atoms with Crippen molar-refractivity contribution in [2.75, 3.05) is 20.1 Å². The standard InChI is InChI=1S/C16H25NOS/c1-11-4-5-15-14(10-12(2)19-15)16(11,18)13-6-8-17(3)9-7-13/h10-11,13,18H,4-9H2,1-3H3. The van der Waals surface area contributed by atoms with Gasteiger partial charge in [-0.2, -0.15) is 0 Å². The van der Waals surface area contributed by atoms with E-state index in [1.165, 1.54) is 15.3 Å². The lowest BCUT2D eigenvalue weighted by Gasteiger charge is -2.46. The van der Waals surface area contributed by atoms with Crippen molar-refractivity contribution in [1.82, 2.24) is 4.90 Å². The van der Waals surface area contributed by atoms with Crippen molar-refractivity contribution in [3.8, 4) is 0 Å². The van der Waals surface area contributed by atoms with Crippen molar-refractivity contribution >= 4 is 11.3 Å². The molecule has 2 heterocycles. The number of hydrogen-bond donors (Lipinski definition) is 1. The average Bonchev–Trinajstić information content (AvgIpc) is 2.77. The Kier molecular flexibility index (Phi) is 3.48. The number of piperidine rings is 1. The van der Waals surface area contributed by atoms with E-state index in [0.717, 1.165) is 38.8 Å². The molecule has 3 heteroatoms. The summed E-state index contributed by atoms with van der Waals surface area (Å²) < 4.78 is 0. The molecule has 1 N–H and O–H groups in total. The maximum Gasteiger partial charge on any atom is 0.0961 e. The summed E-state index contributed by atoms with van der Waals surface area (Å²) in [5.74, 6) is 0.828. The van der Waals surface area contributed by atoms with Gasteiger partial charge in [0.2, 0.25) is 0 Å². The number of rotatable bonds is 1. The third-order valence-corrected chi connectivity index (χ3v) is 6.37. The van der Waals surface area contributed by atoms with E-state index in [2.05, 4.69) is 31.9 Å². The Bertz CT molecular complexity index is 461. The SMILES string of the molecule is Cc1cc2c(s1)CCC(C)C2(O)C1CCN(C)CC1. The largest absolute Gasteiger partial charge is 0.385 e. The van der Waals surface area contributed by atoms with Gasteiger partial charge in [0.1, 0.15) is 0 Å². The topological polar surface area (TPSA) is 23.5 Å². The van der Waals surface area contributed by atoms with Gasteiger partial charge in [0.25, 0.3) is 0 Å². The van der Waals surface area contributed by atoms with Crippen LogP contribution in [0.3, 0.4) is 0 Å². The second kappa shape index (κ2) is 4.87. The van der Waals surface area contributed by atoms with E-state index < -0.39 is 5.60 Å². The minimum Gasteiger partial charge on any atom is -0.385 e. The second-order valence-electron chi connectivity index (χ2n) is 6.54. The zero-order valence-electron chi connectivity index (χ0n) is 12.3. The molecule has 2 atom stereocenters. The fourth-order valence-corrected chi connectivity index (χ4v) is 5.11. The summed E-state index contributed by atoms with van der Waals surface area (Å²) in [7, 11) is 2.19. The van der Waals surface area contributed by atoms with Crippen molar-refractivity contribution < 1.29 is 5.11 Å². The smallest absolute Gasteiger partial charge is 0.0961 e. The maximum atomic E-state index is 11.5. The van der Waals surface area contributed by atoms with Crippen molar-refractivity contribution in [3.05, 3.63) is 21.4 Å². The van der Waals surface area contributed by atoms with Crippen molar-refractivity contribution in [2.45, 2.75) is 45.1 Å². The van der Waals surface area contributed by atoms with Crippen LogP contribution >= 0.6 is 11.3 Å². The van der Waals surface area contributed by atoms with E-state index in [1.54, 1.807) is 0 Å². The Morgan fingerprint density at radius 2 is 2.00 bits per heavy atom. The summed E-state index contributed by atoms with van der Waals surface area (Å²) in [5.41, 5.74) is 0.697. The molecule has 0 amide bonds. The number of fused-ring (bicyclic) bond motifs is 1. The first-order valence-corrected chi connectivity index (χ1v) is 8.34. The van der Waals surface area contributed by atoms with Gasteiger partial charge in [0.15, 0.2) is 0 Å². The van der Waals surface area contributed by atoms with Gasteiger partial charge in [0.05, 0.1) is 5.60 Å². The van der Waals surface area contributed by atoms with Gasteiger partial charge in [-0.25, -0.2) is 0 Å². The molecule has 106 valence electrons. The van der Waals surface area contributed by atoms with Gasteiger partial charge in [-0.05, 0) is 76.2 Å². The summed E-state index contributed by atoms with van der Waals surface area (Å²) >= 11 is 1.89. The summed E-state index contributed by atoms with van der Waals surface area (Å²) in [5, 5.41) is 11.5. The molecule has 1 saturated heterocycles. The zero-order valence-corrected chi connectivity index (χ0v) is 13.1. The van der Waals surface area contributed by atoms with E-state index in [9.17, 15) is 5.11 Å². The first-order chi connectivity index (χ1) is 9.01. The lowest BCUT2D eigenvalue weighted by Crippen LogP contribution is -2.48. The van der Waals surface area contributed by atoms with Crippen LogP contribution in [0.25, 0.3) is 0 Å². The summed E-state index contributed by atoms with van der Waals surface area (Å²) in [6.07, 6.45) is 4.55. The van der Waals surface area contributed by atoms with Crippen LogP contribution in [0.2, 0.25) is 0 Å². The molecule has 0 spiro atoms. The first-order valence-electron chi connectivity index (χ1n) is 7.52. The molecule has 0 aromatic carbocycles. The van der Waals surface area contributed by atoms with Gasteiger partial charge < -0.3 is 10.0 Å². The van der Waals surface area contributed by atoms with Crippen molar-refractivity contribution in [3.63, 3.8) is 0 Å². The number of nitrogens with zero attached hydrogens (tertiary/aromatic N) is 1. The zero-order chi connectivity index (χ0) is 13.6. The minimum atomic E-state index is -0.570. The van der Waals surface area contributed by atoms with Crippen LogP contribution in [-0.2, 0) is 12.0 Å². The summed E-state index contributed by atoms with van der Waals surface area (Å²) in [6, 6.07) is 2.26. The van der Waals surface area contributed by atoms with Gasteiger partial charge in [-0.1, -0.05) is 6.92 Å². The first kappa shape index (κ1) is 13.6. The Hall–Kier alpha value is -0.380. The fourth-order valence-electron chi connectivity index (χ4n) is 3.99. The normalized spacial score (nSPS) is 33.4. The average molecular weight is 279 g/mol. The van der Waals surface area contributed by atoms with Crippen LogP contribution in [0.5, 0.6) is 0 Å². The van der Waals surface area contributed by atoms with Crippen LogP contribution in [0, 0.1) is 18.8 Å².